The van der Waals surface area contributed by atoms with Gasteiger partial charge in [-0.2, -0.15) is 0 Å². The van der Waals surface area contributed by atoms with Crippen LogP contribution in [0.25, 0.3) is 0 Å². The molecule has 1 saturated carbocycles. The summed E-state index contributed by atoms with van der Waals surface area (Å²) in [5, 5.41) is 11.0. The Balaban J connectivity index is 2.21. The van der Waals surface area contributed by atoms with Crippen molar-refractivity contribution in [3.8, 4) is 0 Å². The van der Waals surface area contributed by atoms with E-state index in [0.717, 1.165) is 38.2 Å². The van der Waals surface area contributed by atoms with Crippen LogP contribution in [-0.4, -0.2) is 10.3 Å². The lowest BCUT2D eigenvalue weighted by Crippen LogP contribution is -2.16. The first-order chi connectivity index (χ1) is 9.08. The van der Waals surface area contributed by atoms with Crippen LogP contribution < -0.4 is 0 Å². The summed E-state index contributed by atoms with van der Waals surface area (Å²) in [6, 6.07) is 3.64. The fourth-order valence-electron chi connectivity index (χ4n) is 2.75. The molecule has 1 fully saturated rings. The maximum atomic E-state index is 13.3. The SMILES string of the molecule is O=[N+]([O-])c1ccc(F)cc1CC1CCCCCC1Cl. The van der Waals surface area contributed by atoms with E-state index in [0.29, 0.717) is 12.0 Å². The largest absolute Gasteiger partial charge is 0.272 e. The van der Waals surface area contributed by atoms with E-state index in [-0.39, 0.29) is 17.0 Å². The zero-order valence-corrected chi connectivity index (χ0v) is 11.4. The molecule has 0 radical (unpaired) electrons. The van der Waals surface area contributed by atoms with Crippen LogP contribution in [0, 0.1) is 21.8 Å². The fraction of sp³-hybridized carbons (Fsp3) is 0.571. The van der Waals surface area contributed by atoms with E-state index in [1.165, 1.54) is 12.1 Å². The molecule has 0 N–H and O–H groups in total. The van der Waals surface area contributed by atoms with Gasteiger partial charge in [0.2, 0.25) is 0 Å². The average molecular weight is 286 g/mol. The monoisotopic (exact) mass is 285 g/mol. The number of nitro groups is 1. The normalized spacial score (nSPS) is 23.9. The van der Waals surface area contributed by atoms with Gasteiger partial charge in [-0.15, -0.1) is 11.6 Å². The van der Waals surface area contributed by atoms with Crippen LogP contribution >= 0.6 is 11.6 Å². The highest BCUT2D eigenvalue weighted by molar-refractivity contribution is 6.20. The molecule has 1 aromatic carbocycles. The average Bonchev–Trinajstić information content (AvgIpc) is 2.55. The Kier molecular flexibility index (Phi) is 4.75. The Morgan fingerprint density at radius 2 is 2.05 bits per heavy atom. The van der Waals surface area contributed by atoms with Gasteiger partial charge in [0, 0.05) is 17.0 Å². The first-order valence-electron chi connectivity index (χ1n) is 6.65. The van der Waals surface area contributed by atoms with Crippen LogP contribution in [0.4, 0.5) is 10.1 Å². The molecule has 1 aliphatic carbocycles. The summed E-state index contributed by atoms with van der Waals surface area (Å²) in [7, 11) is 0. The molecule has 2 atom stereocenters. The number of nitro benzene ring substituents is 1. The number of hydrogen-bond acceptors (Lipinski definition) is 2. The molecule has 1 aromatic rings. The highest BCUT2D eigenvalue weighted by atomic mass is 35.5. The predicted molar refractivity (Wildman–Crippen MR) is 73.0 cm³/mol. The highest BCUT2D eigenvalue weighted by Crippen LogP contribution is 2.32. The molecule has 0 heterocycles. The molecule has 0 aliphatic heterocycles. The Morgan fingerprint density at radius 1 is 1.32 bits per heavy atom. The molecular formula is C14H17ClFNO2. The molecule has 19 heavy (non-hydrogen) atoms. The third-order valence-corrected chi connectivity index (χ3v) is 4.36. The fourth-order valence-corrected chi connectivity index (χ4v) is 3.12. The van der Waals surface area contributed by atoms with Gasteiger partial charge in [0.1, 0.15) is 5.82 Å². The summed E-state index contributed by atoms with van der Waals surface area (Å²) in [5.74, 6) is -0.231. The highest BCUT2D eigenvalue weighted by Gasteiger charge is 2.25. The predicted octanol–water partition coefficient (Wildman–Crippen LogP) is 4.46. The molecule has 1 aliphatic rings. The van der Waals surface area contributed by atoms with Crippen LogP contribution in [0.5, 0.6) is 0 Å². The molecule has 2 rings (SSSR count). The van der Waals surface area contributed by atoms with Crippen LogP contribution in [-0.2, 0) is 6.42 Å². The van der Waals surface area contributed by atoms with Crippen molar-refractivity contribution in [2.24, 2.45) is 5.92 Å². The van der Waals surface area contributed by atoms with Gasteiger partial charge < -0.3 is 0 Å². The maximum Gasteiger partial charge on any atom is 0.272 e. The number of halogens is 2. The number of alkyl halides is 1. The molecule has 5 heteroatoms. The number of rotatable bonds is 3. The Labute approximate surface area is 116 Å². The Hall–Kier alpha value is -1.16. The van der Waals surface area contributed by atoms with Crippen LogP contribution in [0.15, 0.2) is 18.2 Å². The van der Waals surface area contributed by atoms with E-state index in [9.17, 15) is 14.5 Å². The van der Waals surface area contributed by atoms with Crippen molar-refractivity contribution in [3.05, 3.63) is 39.7 Å². The van der Waals surface area contributed by atoms with Crippen LogP contribution in [0.2, 0.25) is 0 Å². The van der Waals surface area contributed by atoms with E-state index in [4.69, 9.17) is 11.6 Å². The minimum Gasteiger partial charge on any atom is -0.258 e. The lowest BCUT2D eigenvalue weighted by atomic mass is 9.91. The minimum absolute atomic E-state index is 0.00508. The van der Waals surface area contributed by atoms with Gasteiger partial charge in [0.25, 0.3) is 5.69 Å². The quantitative estimate of drug-likeness (QED) is 0.356. The van der Waals surface area contributed by atoms with E-state index in [1.807, 2.05) is 0 Å². The molecule has 0 aromatic heterocycles. The van der Waals surface area contributed by atoms with Crippen molar-refractivity contribution in [2.75, 3.05) is 0 Å². The van der Waals surface area contributed by atoms with Crippen LogP contribution in [0.1, 0.15) is 37.7 Å². The first kappa shape index (κ1) is 14.3. The number of benzene rings is 1. The number of hydrogen-bond donors (Lipinski definition) is 0. The zero-order chi connectivity index (χ0) is 13.8. The summed E-state index contributed by atoms with van der Waals surface area (Å²) in [4.78, 5) is 10.5. The second-order valence-corrected chi connectivity index (χ2v) is 5.71. The Morgan fingerprint density at radius 3 is 2.79 bits per heavy atom. The van der Waals surface area contributed by atoms with Crippen molar-refractivity contribution < 1.29 is 9.31 Å². The van der Waals surface area contributed by atoms with Gasteiger partial charge in [-0.3, -0.25) is 10.1 Å². The summed E-state index contributed by atoms with van der Waals surface area (Å²) in [5.41, 5.74) is 0.456. The van der Waals surface area contributed by atoms with Gasteiger partial charge in [-0.25, -0.2) is 4.39 Å². The summed E-state index contributed by atoms with van der Waals surface area (Å²) < 4.78 is 13.3. The molecular weight excluding hydrogens is 269 g/mol. The lowest BCUT2D eigenvalue weighted by molar-refractivity contribution is -0.385. The van der Waals surface area contributed by atoms with E-state index in [2.05, 4.69) is 0 Å². The van der Waals surface area contributed by atoms with Crippen molar-refractivity contribution in [2.45, 2.75) is 43.9 Å². The minimum atomic E-state index is -0.450. The lowest BCUT2D eigenvalue weighted by Gasteiger charge is -2.19. The third kappa shape index (κ3) is 3.66. The van der Waals surface area contributed by atoms with Crippen molar-refractivity contribution in [1.29, 1.82) is 0 Å². The second-order valence-electron chi connectivity index (χ2n) is 5.15. The molecule has 2 unspecified atom stereocenters. The van der Waals surface area contributed by atoms with Gasteiger partial charge >= 0.3 is 0 Å². The molecule has 0 amide bonds. The molecule has 0 spiro atoms. The first-order valence-corrected chi connectivity index (χ1v) is 7.08. The zero-order valence-electron chi connectivity index (χ0n) is 10.6. The van der Waals surface area contributed by atoms with E-state index >= 15 is 0 Å². The van der Waals surface area contributed by atoms with Crippen molar-refractivity contribution >= 4 is 17.3 Å². The number of nitrogens with zero attached hydrogens (tertiary/aromatic N) is 1. The smallest absolute Gasteiger partial charge is 0.258 e. The summed E-state index contributed by atoms with van der Waals surface area (Å²) in [6.07, 6.45) is 5.75. The second kappa shape index (κ2) is 6.33. The van der Waals surface area contributed by atoms with Gasteiger partial charge in [0.15, 0.2) is 0 Å². The molecule has 3 nitrogen and oxygen atoms in total. The maximum absolute atomic E-state index is 13.3. The summed E-state index contributed by atoms with van der Waals surface area (Å²) in [6.45, 7) is 0. The van der Waals surface area contributed by atoms with Crippen molar-refractivity contribution in [3.63, 3.8) is 0 Å². The van der Waals surface area contributed by atoms with Gasteiger partial charge in [-0.05, 0) is 37.3 Å². The van der Waals surface area contributed by atoms with Crippen LogP contribution in [0.3, 0.4) is 0 Å². The summed E-state index contributed by atoms with van der Waals surface area (Å²) >= 11 is 6.35. The van der Waals surface area contributed by atoms with E-state index in [1.54, 1.807) is 0 Å². The molecule has 104 valence electrons. The standard InChI is InChI=1S/C14H17ClFNO2/c15-13-5-3-1-2-4-10(13)8-11-9-12(16)6-7-14(11)17(18)19/h6-7,9-10,13H,1-5,8H2. The van der Waals surface area contributed by atoms with Gasteiger partial charge in [0.05, 0.1) is 4.92 Å². The molecule has 0 saturated heterocycles. The van der Waals surface area contributed by atoms with Gasteiger partial charge in [-0.1, -0.05) is 19.3 Å². The Bertz CT molecular complexity index is 467. The van der Waals surface area contributed by atoms with E-state index < -0.39 is 10.7 Å². The van der Waals surface area contributed by atoms with Crippen molar-refractivity contribution in [1.82, 2.24) is 0 Å². The molecule has 0 bridgehead atoms. The third-order valence-electron chi connectivity index (χ3n) is 3.79. The topological polar surface area (TPSA) is 43.1 Å².